The average molecular weight is 328 g/mol. The van der Waals surface area contributed by atoms with E-state index in [2.05, 4.69) is 0 Å². The number of aromatic hydroxyl groups is 1. The minimum atomic E-state index is -4.56. The van der Waals surface area contributed by atoms with Gasteiger partial charge in [0.25, 0.3) is 0 Å². The van der Waals surface area contributed by atoms with Crippen molar-refractivity contribution in [3.05, 3.63) is 22.7 Å². The third-order valence-electron chi connectivity index (χ3n) is 2.49. The van der Waals surface area contributed by atoms with Gasteiger partial charge >= 0.3 is 12.1 Å². The number of rotatable bonds is 6. The van der Waals surface area contributed by atoms with Crippen molar-refractivity contribution in [1.29, 1.82) is 0 Å². The third kappa shape index (κ3) is 5.68. The Labute approximate surface area is 123 Å². The van der Waals surface area contributed by atoms with Gasteiger partial charge in [-0.05, 0) is 6.07 Å². The van der Waals surface area contributed by atoms with E-state index in [1.165, 1.54) is 19.2 Å². The van der Waals surface area contributed by atoms with E-state index in [4.69, 9.17) is 21.4 Å². The van der Waals surface area contributed by atoms with Crippen LogP contribution < -0.4 is 4.74 Å². The Morgan fingerprint density at radius 1 is 1.43 bits per heavy atom. The zero-order valence-corrected chi connectivity index (χ0v) is 11.7. The summed E-state index contributed by atoms with van der Waals surface area (Å²) in [6, 6.07) is 2.55. The van der Waals surface area contributed by atoms with Crippen LogP contribution in [0.1, 0.15) is 5.56 Å². The quantitative estimate of drug-likeness (QED) is 0.840. The zero-order valence-electron chi connectivity index (χ0n) is 10.9. The molecule has 0 aromatic heterocycles. The van der Waals surface area contributed by atoms with Crippen molar-refractivity contribution in [2.75, 3.05) is 20.2 Å². The minimum Gasteiger partial charge on any atom is -0.504 e. The van der Waals surface area contributed by atoms with E-state index in [1.54, 1.807) is 0 Å². The summed E-state index contributed by atoms with van der Waals surface area (Å²) in [4.78, 5) is 11.3. The number of aliphatic carboxylic acids is 1. The average Bonchev–Trinajstić information content (AvgIpc) is 2.30. The van der Waals surface area contributed by atoms with Crippen LogP contribution in [-0.4, -0.2) is 47.5 Å². The second-order valence-electron chi connectivity index (χ2n) is 4.27. The van der Waals surface area contributed by atoms with Crippen molar-refractivity contribution in [3.63, 3.8) is 0 Å². The number of hydrogen-bond acceptors (Lipinski definition) is 4. The first kappa shape index (κ1) is 17.4. The van der Waals surface area contributed by atoms with E-state index in [-0.39, 0.29) is 22.1 Å². The van der Waals surface area contributed by atoms with E-state index in [9.17, 15) is 23.1 Å². The highest BCUT2D eigenvalue weighted by Gasteiger charge is 2.32. The second-order valence-corrected chi connectivity index (χ2v) is 4.71. The number of carbonyl (C=O) groups is 1. The van der Waals surface area contributed by atoms with Crippen LogP contribution in [0.3, 0.4) is 0 Å². The predicted molar refractivity (Wildman–Crippen MR) is 68.6 cm³/mol. The number of carboxylic acids is 1. The summed E-state index contributed by atoms with van der Waals surface area (Å²) in [7, 11) is 1.26. The lowest BCUT2D eigenvalue weighted by molar-refractivity contribution is -0.154. The third-order valence-corrected chi connectivity index (χ3v) is 2.71. The van der Waals surface area contributed by atoms with Gasteiger partial charge in [-0.1, -0.05) is 11.6 Å². The summed E-state index contributed by atoms with van der Waals surface area (Å²) in [5, 5.41) is 18.7. The normalized spacial score (nSPS) is 11.7. The smallest absolute Gasteiger partial charge is 0.401 e. The molecular weight excluding hydrogens is 315 g/mol. The van der Waals surface area contributed by atoms with Crippen LogP contribution in [0.15, 0.2) is 12.1 Å². The highest BCUT2D eigenvalue weighted by Crippen LogP contribution is 2.34. The van der Waals surface area contributed by atoms with Crippen molar-refractivity contribution < 1.29 is 32.9 Å². The highest BCUT2D eigenvalue weighted by atomic mass is 35.5. The summed E-state index contributed by atoms with van der Waals surface area (Å²) in [5.41, 5.74) is 0.0462. The number of ether oxygens (including phenoxy) is 1. The monoisotopic (exact) mass is 327 g/mol. The second kappa shape index (κ2) is 6.86. The first-order chi connectivity index (χ1) is 9.62. The van der Waals surface area contributed by atoms with E-state index < -0.39 is 31.8 Å². The Bertz CT molecular complexity index is 522. The van der Waals surface area contributed by atoms with Gasteiger partial charge in [0.15, 0.2) is 11.5 Å². The van der Waals surface area contributed by atoms with Gasteiger partial charge in [-0.3, -0.25) is 9.69 Å². The fraction of sp³-hybridized carbons (Fsp3) is 0.417. The first-order valence-electron chi connectivity index (χ1n) is 5.68. The molecule has 2 N–H and O–H groups in total. The van der Waals surface area contributed by atoms with Gasteiger partial charge in [-0.2, -0.15) is 13.2 Å². The van der Waals surface area contributed by atoms with E-state index in [0.29, 0.717) is 4.90 Å². The highest BCUT2D eigenvalue weighted by molar-refractivity contribution is 6.30. The molecule has 1 aromatic carbocycles. The molecule has 0 aliphatic rings. The molecule has 0 saturated heterocycles. The van der Waals surface area contributed by atoms with Crippen LogP contribution in [0.25, 0.3) is 0 Å². The summed E-state index contributed by atoms with van der Waals surface area (Å²) in [6.07, 6.45) is -4.56. The van der Waals surface area contributed by atoms with E-state index >= 15 is 0 Å². The summed E-state index contributed by atoms with van der Waals surface area (Å²) >= 11 is 5.77. The molecule has 0 heterocycles. The molecular formula is C12H13ClF3NO4. The number of hydrogen-bond donors (Lipinski definition) is 2. The standard InChI is InChI=1S/C12H13ClF3NO4/c1-21-9-3-8(13)2-7(11(9)20)4-17(5-10(18)19)6-12(14,15)16/h2-3,20H,4-6H2,1H3,(H,18,19). The fourth-order valence-corrected chi connectivity index (χ4v) is 1.99. The molecule has 21 heavy (non-hydrogen) atoms. The maximum Gasteiger partial charge on any atom is 0.401 e. The van der Waals surface area contributed by atoms with Gasteiger partial charge in [0.2, 0.25) is 0 Å². The number of carboxylic acid groups (broad SMARTS) is 1. The number of methoxy groups -OCH3 is 1. The molecule has 118 valence electrons. The maximum atomic E-state index is 12.4. The van der Waals surface area contributed by atoms with Gasteiger partial charge in [0, 0.05) is 23.2 Å². The predicted octanol–water partition coefficient (Wildman–Crippen LogP) is 2.50. The molecule has 0 amide bonds. The number of nitrogens with zero attached hydrogens (tertiary/aromatic N) is 1. The first-order valence-corrected chi connectivity index (χ1v) is 6.06. The Hall–Kier alpha value is -1.67. The lowest BCUT2D eigenvalue weighted by atomic mass is 10.1. The van der Waals surface area contributed by atoms with Gasteiger partial charge in [0.05, 0.1) is 20.2 Å². The molecule has 0 spiro atoms. The van der Waals surface area contributed by atoms with Crippen LogP contribution in [0, 0.1) is 0 Å². The van der Waals surface area contributed by atoms with Crippen molar-refractivity contribution in [2.24, 2.45) is 0 Å². The van der Waals surface area contributed by atoms with Gasteiger partial charge in [-0.25, -0.2) is 0 Å². The molecule has 0 bridgehead atoms. The Kier molecular flexibility index (Phi) is 5.68. The maximum absolute atomic E-state index is 12.4. The Balaban J connectivity index is 3.02. The molecule has 1 aromatic rings. The molecule has 0 atom stereocenters. The van der Waals surface area contributed by atoms with Crippen LogP contribution in [0.5, 0.6) is 11.5 Å². The molecule has 0 aliphatic carbocycles. The largest absolute Gasteiger partial charge is 0.504 e. The minimum absolute atomic E-state index is 0.000200. The topological polar surface area (TPSA) is 70.0 Å². The molecule has 1 rings (SSSR count). The molecule has 0 fully saturated rings. The molecule has 9 heteroatoms. The molecule has 0 unspecified atom stereocenters. The van der Waals surface area contributed by atoms with Crippen molar-refractivity contribution in [3.8, 4) is 11.5 Å². The van der Waals surface area contributed by atoms with Crippen LogP contribution in [0.4, 0.5) is 13.2 Å². The van der Waals surface area contributed by atoms with Gasteiger partial charge in [-0.15, -0.1) is 0 Å². The number of halogens is 4. The molecule has 0 saturated carbocycles. The SMILES string of the molecule is COc1cc(Cl)cc(CN(CC(=O)O)CC(F)(F)F)c1O. The van der Waals surface area contributed by atoms with Crippen LogP contribution in [-0.2, 0) is 11.3 Å². The lowest BCUT2D eigenvalue weighted by Crippen LogP contribution is -2.37. The van der Waals surface area contributed by atoms with Crippen LogP contribution >= 0.6 is 11.6 Å². The van der Waals surface area contributed by atoms with Gasteiger partial charge < -0.3 is 14.9 Å². The lowest BCUT2D eigenvalue weighted by Gasteiger charge is -2.22. The fourth-order valence-electron chi connectivity index (χ4n) is 1.76. The number of alkyl halides is 3. The number of phenolic OH excluding ortho intramolecular Hbond substituents is 1. The Morgan fingerprint density at radius 3 is 2.52 bits per heavy atom. The van der Waals surface area contributed by atoms with Crippen LogP contribution in [0.2, 0.25) is 5.02 Å². The van der Waals surface area contributed by atoms with Crippen molar-refractivity contribution >= 4 is 17.6 Å². The van der Waals surface area contributed by atoms with E-state index in [0.717, 1.165) is 0 Å². The molecule has 0 radical (unpaired) electrons. The summed E-state index contributed by atoms with van der Waals surface area (Å²) in [5.74, 6) is -1.79. The van der Waals surface area contributed by atoms with E-state index in [1.807, 2.05) is 0 Å². The number of phenols is 1. The number of benzene rings is 1. The zero-order chi connectivity index (χ0) is 16.2. The summed E-state index contributed by atoms with van der Waals surface area (Å²) in [6.45, 7) is -2.68. The van der Waals surface area contributed by atoms with Crippen molar-refractivity contribution in [1.82, 2.24) is 4.90 Å². The van der Waals surface area contributed by atoms with Gasteiger partial charge in [0.1, 0.15) is 0 Å². The summed E-state index contributed by atoms with van der Waals surface area (Å²) < 4.78 is 42.1. The molecule has 0 aliphatic heterocycles. The molecule has 5 nitrogen and oxygen atoms in total. The Morgan fingerprint density at radius 2 is 2.05 bits per heavy atom. The van der Waals surface area contributed by atoms with Crippen molar-refractivity contribution in [2.45, 2.75) is 12.7 Å².